The lowest BCUT2D eigenvalue weighted by atomic mass is 10.1. The standard InChI is InChI=1S/C23H24ClN3O/c1-2-16-7-6-8-19(15-16)25-23(28)21-20-9-4-3-5-14-27(20)22(26-21)17-10-12-18(24)13-11-17/h6-8,10-13,15H,2-5,9,14H2,1H3,(H,25,28). The lowest BCUT2D eigenvalue weighted by molar-refractivity contribution is 0.102. The van der Waals surface area contributed by atoms with Gasteiger partial charge in [0.25, 0.3) is 5.91 Å². The average Bonchev–Trinajstić information content (AvgIpc) is 2.90. The summed E-state index contributed by atoms with van der Waals surface area (Å²) in [5.74, 6) is 0.708. The second-order valence-corrected chi connectivity index (χ2v) is 7.64. The largest absolute Gasteiger partial charge is 0.327 e. The number of hydrogen-bond acceptors (Lipinski definition) is 2. The van der Waals surface area contributed by atoms with Crippen molar-refractivity contribution in [2.45, 2.75) is 45.6 Å². The molecule has 3 aromatic rings. The predicted molar refractivity (Wildman–Crippen MR) is 114 cm³/mol. The number of rotatable bonds is 4. The number of aromatic nitrogens is 2. The molecule has 28 heavy (non-hydrogen) atoms. The molecule has 0 saturated carbocycles. The molecule has 144 valence electrons. The van der Waals surface area contributed by atoms with Gasteiger partial charge in [0, 0.05) is 22.8 Å². The highest BCUT2D eigenvalue weighted by Gasteiger charge is 2.24. The van der Waals surface area contributed by atoms with Crippen LogP contribution in [0.4, 0.5) is 5.69 Å². The molecule has 1 aliphatic heterocycles. The number of fused-ring (bicyclic) bond motifs is 1. The summed E-state index contributed by atoms with van der Waals surface area (Å²) in [6.45, 7) is 2.99. The van der Waals surface area contributed by atoms with Crippen molar-refractivity contribution in [2.24, 2.45) is 0 Å². The molecule has 1 aliphatic rings. The molecule has 0 saturated heterocycles. The molecular weight excluding hydrogens is 370 g/mol. The highest BCUT2D eigenvalue weighted by atomic mass is 35.5. The Balaban J connectivity index is 1.71. The van der Waals surface area contributed by atoms with Gasteiger partial charge in [0.2, 0.25) is 0 Å². The summed E-state index contributed by atoms with van der Waals surface area (Å²) in [4.78, 5) is 17.9. The highest BCUT2D eigenvalue weighted by Crippen LogP contribution is 2.28. The van der Waals surface area contributed by atoms with Gasteiger partial charge < -0.3 is 9.88 Å². The van der Waals surface area contributed by atoms with Gasteiger partial charge in [-0.15, -0.1) is 0 Å². The smallest absolute Gasteiger partial charge is 0.276 e. The number of nitrogens with one attached hydrogen (secondary N) is 1. The molecule has 0 bridgehead atoms. The van der Waals surface area contributed by atoms with E-state index in [1.165, 1.54) is 12.0 Å². The van der Waals surface area contributed by atoms with Gasteiger partial charge in [0.1, 0.15) is 11.5 Å². The van der Waals surface area contributed by atoms with Crippen LogP contribution in [0.3, 0.4) is 0 Å². The number of hydrogen-bond donors (Lipinski definition) is 1. The Morgan fingerprint density at radius 1 is 1.14 bits per heavy atom. The molecule has 1 N–H and O–H groups in total. The van der Waals surface area contributed by atoms with Crippen molar-refractivity contribution in [3.8, 4) is 11.4 Å². The third-order valence-corrected chi connectivity index (χ3v) is 5.53. The van der Waals surface area contributed by atoms with Crippen LogP contribution < -0.4 is 5.32 Å². The Labute approximate surface area is 170 Å². The van der Waals surface area contributed by atoms with Crippen LogP contribution in [0.15, 0.2) is 48.5 Å². The monoisotopic (exact) mass is 393 g/mol. The molecular formula is C23H24ClN3O. The van der Waals surface area contributed by atoms with E-state index in [9.17, 15) is 4.79 Å². The molecule has 0 unspecified atom stereocenters. The molecule has 2 heterocycles. The van der Waals surface area contributed by atoms with Crippen LogP contribution in [-0.4, -0.2) is 15.5 Å². The van der Waals surface area contributed by atoms with E-state index in [1.807, 2.05) is 42.5 Å². The first-order valence-corrected chi connectivity index (χ1v) is 10.3. The molecule has 1 aromatic heterocycles. The molecule has 4 rings (SSSR count). The van der Waals surface area contributed by atoms with E-state index in [1.54, 1.807) is 0 Å². The number of nitrogens with zero attached hydrogens (tertiary/aromatic N) is 2. The normalized spacial score (nSPS) is 13.6. The Morgan fingerprint density at radius 3 is 2.75 bits per heavy atom. The maximum Gasteiger partial charge on any atom is 0.276 e. The molecule has 0 radical (unpaired) electrons. The number of anilines is 1. The van der Waals surface area contributed by atoms with E-state index < -0.39 is 0 Å². The molecule has 5 heteroatoms. The summed E-state index contributed by atoms with van der Waals surface area (Å²) >= 11 is 6.05. The van der Waals surface area contributed by atoms with E-state index in [2.05, 4.69) is 22.9 Å². The van der Waals surface area contributed by atoms with Crippen molar-refractivity contribution in [3.05, 3.63) is 70.5 Å². The van der Waals surface area contributed by atoms with Crippen LogP contribution in [0, 0.1) is 0 Å². The maximum absolute atomic E-state index is 13.1. The number of halogens is 1. The summed E-state index contributed by atoms with van der Waals surface area (Å²) in [6.07, 6.45) is 5.16. The second kappa shape index (κ2) is 8.19. The zero-order valence-corrected chi connectivity index (χ0v) is 16.8. The SMILES string of the molecule is CCc1cccc(NC(=O)c2nc(-c3ccc(Cl)cc3)n3c2CCCCC3)c1. The van der Waals surface area contributed by atoms with Gasteiger partial charge in [-0.2, -0.15) is 0 Å². The molecule has 2 aromatic carbocycles. The first-order chi connectivity index (χ1) is 13.7. The van der Waals surface area contributed by atoms with Gasteiger partial charge in [-0.1, -0.05) is 37.1 Å². The molecule has 0 aliphatic carbocycles. The van der Waals surface area contributed by atoms with Crippen molar-refractivity contribution >= 4 is 23.2 Å². The number of aryl methyl sites for hydroxylation is 1. The zero-order chi connectivity index (χ0) is 19.5. The third-order valence-electron chi connectivity index (χ3n) is 5.28. The quantitative estimate of drug-likeness (QED) is 0.613. The fourth-order valence-electron chi connectivity index (χ4n) is 3.78. The lowest BCUT2D eigenvalue weighted by Crippen LogP contribution is -2.15. The Kier molecular flexibility index (Phi) is 5.49. The Bertz CT molecular complexity index is 992. The number of imidazole rings is 1. The number of benzene rings is 2. The maximum atomic E-state index is 13.1. The van der Waals surface area contributed by atoms with E-state index in [0.29, 0.717) is 10.7 Å². The molecule has 0 atom stereocenters. The number of carbonyl (C=O) groups excluding carboxylic acids is 1. The van der Waals surface area contributed by atoms with Crippen LogP contribution in [0.5, 0.6) is 0 Å². The summed E-state index contributed by atoms with van der Waals surface area (Å²) < 4.78 is 2.22. The molecule has 1 amide bonds. The van der Waals surface area contributed by atoms with Crippen LogP contribution in [0.25, 0.3) is 11.4 Å². The minimum Gasteiger partial charge on any atom is -0.327 e. The third kappa shape index (κ3) is 3.83. The molecule has 0 fully saturated rings. The van der Waals surface area contributed by atoms with Crippen LogP contribution >= 0.6 is 11.6 Å². The Morgan fingerprint density at radius 2 is 1.96 bits per heavy atom. The van der Waals surface area contributed by atoms with Crippen molar-refractivity contribution in [2.75, 3.05) is 5.32 Å². The van der Waals surface area contributed by atoms with Gasteiger partial charge >= 0.3 is 0 Å². The fourth-order valence-corrected chi connectivity index (χ4v) is 3.91. The van der Waals surface area contributed by atoms with Gasteiger partial charge in [0.05, 0.1) is 5.69 Å². The van der Waals surface area contributed by atoms with E-state index in [-0.39, 0.29) is 5.91 Å². The summed E-state index contributed by atoms with van der Waals surface area (Å²) in [5.41, 5.74) is 4.57. The molecule has 4 nitrogen and oxygen atoms in total. The minimum atomic E-state index is -0.140. The van der Waals surface area contributed by atoms with E-state index in [0.717, 1.165) is 55.0 Å². The highest BCUT2D eigenvalue weighted by molar-refractivity contribution is 6.30. The van der Waals surface area contributed by atoms with Crippen molar-refractivity contribution in [3.63, 3.8) is 0 Å². The Hall–Kier alpha value is -2.59. The van der Waals surface area contributed by atoms with Crippen molar-refractivity contribution in [1.29, 1.82) is 0 Å². The van der Waals surface area contributed by atoms with E-state index >= 15 is 0 Å². The fraction of sp³-hybridized carbons (Fsp3) is 0.304. The lowest BCUT2D eigenvalue weighted by Gasteiger charge is -2.09. The van der Waals surface area contributed by atoms with Crippen LogP contribution in [0.1, 0.15) is 47.9 Å². The van der Waals surface area contributed by atoms with Gasteiger partial charge in [-0.05, 0) is 67.6 Å². The minimum absolute atomic E-state index is 0.140. The van der Waals surface area contributed by atoms with Crippen LogP contribution in [-0.2, 0) is 19.4 Å². The summed E-state index contributed by atoms with van der Waals surface area (Å²) in [7, 11) is 0. The molecule has 0 spiro atoms. The second-order valence-electron chi connectivity index (χ2n) is 7.21. The van der Waals surface area contributed by atoms with Gasteiger partial charge in [0.15, 0.2) is 0 Å². The predicted octanol–water partition coefficient (Wildman–Crippen LogP) is 5.74. The number of amides is 1. The summed E-state index contributed by atoms with van der Waals surface area (Å²) in [6, 6.07) is 15.7. The summed E-state index contributed by atoms with van der Waals surface area (Å²) in [5, 5.41) is 3.74. The van der Waals surface area contributed by atoms with Gasteiger partial charge in [-0.25, -0.2) is 4.98 Å². The average molecular weight is 394 g/mol. The first kappa shape index (κ1) is 18.8. The zero-order valence-electron chi connectivity index (χ0n) is 16.0. The first-order valence-electron chi connectivity index (χ1n) is 9.91. The van der Waals surface area contributed by atoms with Crippen molar-refractivity contribution < 1.29 is 4.79 Å². The van der Waals surface area contributed by atoms with E-state index in [4.69, 9.17) is 16.6 Å². The van der Waals surface area contributed by atoms with Gasteiger partial charge in [-0.3, -0.25) is 4.79 Å². The topological polar surface area (TPSA) is 46.9 Å². The van der Waals surface area contributed by atoms with Crippen LogP contribution in [0.2, 0.25) is 5.02 Å². The number of carbonyl (C=O) groups is 1. The van der Waals surface area contributed by atoms with Crippen molar-refractivity contribution in [1.82, 2.24) is 9.55 Å².